The Kier molecular flexibility index (Phi) is 4.83. The van der Waals surface area contributed by atoms with Crippen LogP contribution < -0.4 is 5.32 Å². The van der Waals surface area contributed by atoms with Crippen molar-refractivity contribution < 1.29 is 9.53 Å². The molecule has 7 heteroatoms. The van der Waals surface area contributed by atoms with Gasteiger partial charge in [-0.3, -0.25) is 4.79 Å². The average Bonchev–Trinajstić information content (AvgIpc) is 2.61. The lowest BCUT2D eigenvalue weighted by Crippen LogP contribution is -2.13. The van der Waals surface area contributed by atoms with E-state index >= 15 is 0 Å². The summed E-state index contributed by atoms with van der Waals surface area (Å²) in [6.45, 7) is 3.65. The topological polar surface area (TPSA) is 64.1 Å². The number of carbonyl (C=O) groups is 1. The van der Waals surface area contributed by atoms with Crippen molar-refractivity contribution in [3.8, 4) is 0 Å². The van der Waals surface area contributed by atoms with E-state index in [0.29, 0.717) is 0 Å². The Balaban J connectivity index is 2.33. The molecule has 0 aliphatic rings. The van der Waals surface area contributed by atoms with Crippen molar-refractivity contribution in [2.45, 2.75) is 24.3 Å². The minimum atomic E-state index is -0.226. The van der Waals surface area contributed by atoms with Gasteiger partial charge in [-0.05, 0) is 13.8 Å². The molecule has 0 radical (unpaired) electrons. The van der Waals surface area contributed by atoms with Crippen molar-refractivity contribution in [1.29, 1.82) is 0 Å². The fourth-order valence-electron chi connectivity index (χ4n) is 0.787. The highest BCUT2D eigenvalue weighted by molar-refractivity contribution is 8.01. The highest BCUT2D eigenvalue weighted by atomic mass is 32.2. The van der Waals surface area contributed by atoms with Crippen molar-refractivity contribution in [2.75, 3.05) is 18.1 Å². The van der Waals surface area contributed by atoms with Crippen LogP contribution in [0.2, 0.25) is 0 Å². The molecule has 5 nitrogen and oxygen atoms in total. The first kappa shape index (κ1) is 12.3. The number of ether oxygens (including phenoxy) is 1. The molecule has 0 bridgehead atoms. The number of aromatic nitrogens is 2. The molecule has 0 atom stereocenters. The van der Waals surface area contributed by atoms with E-state index < -0.39 is 0 Å². The van der Waals surface area contributed by atoms with Gasteiger partial charge in [0, 0.05) is 7.05 Å². The van der Waals surface area contributed by atoms with Crippen molar-refractivity contribution in [3.05, 3.63) is 0 Å². The molecule has 15 heavy (non-hydrogen) atoms. The van der Waals surface area contributed by atoms with Crippen LogP contribution in [0, 0.1) is 0 Å². The van der Waals surface area contributed by atoms with Crippen LogP contribution in [0.25, 0.3) is 0 Å². The first-order valence-corrected chi connectivity index (χ1v) is 6.25. The third-order valence-electron chi connectivity index (χ3n) is 1.30. The van der Waals surface area contributed by atoms with Crippen LogP contribution in [0.5, 0.6) is 0 Å². The molecule has 0 aromatic carbocycles. The van der Waals surface area contributed by atoms with E-state index in [4.69, 9.17) is 4.74 Å². The smallest absolute Gasteiger partial charge is 0.316 e. The number of hydrogen-bond donors (Lipinski definition) is 1. The van der Waals surface area contributed by atoms with Gasteiger partial charge in [0.1, 0.15) is 0 Å². The molecule has 84 valence electrons. The summed E-state index contributed by atoms with van der Waals surface area (Å²) >= 11 is 2.75. The van der Waals surface area contributed by atoms with Crippen LogP contribution in [0.15, 0.2) is 4.34 Å². The predicted molar refractivity (Wildman–Crippen MR) is 61.4 cm³/mol. The predicted octanol–water partition coefficient (Wildman–Crippen LogP) is 1.62. The van der Waals surface area contributed by atoms with Gasteiger partial charge in [-0.15, -0.1) is 10.2 Å². The Hall–Kier alpha value is -0.820. The molecule has 0 unspecified atom stereocenters. The monoisotopic (exact) mass is 247 g/mol. The standard InChI is InChI=1S/C8H13N3O2S2/c1-5(2)13-6(12)4-14-8-11-10-7(9-3)15-8/h5H,4H2,1-3H3,(H,9,10). The van der Waals surface area contributed by atoms with Gasteiger partial charge in [-0.25, -0.2) is 0 Å². The molecule has 0 amide bonds. The van der Waals surface area contributed by atoms with Crippen molar-refractivity contribution >= 4 is 34.2 Å². The zero-order chi connectivity index (χ0) is 11.3. The molecule has 1 aromatic heterocycles. The van der Waals surface area contributed by atoms with E-state index in [1.165, 1.54) is 23.1 Å². The van der Waals surface area contributed by atoms with Crippen molar-refractivity contribution in [2.24, 2.45) is 0 Å². The van der Waals surface area contributed by atoms with E-state index in [1.54, 1.807) is 7.05 Å². The molecule has 1 N–H and O–H groups in total. The number of carbonyl (C=O) groups excluding carboxylic acids is 1. The highest BCUT2D eigenvalue weighted by Crippen LogP contribution is 2.24. The largest absolute Gasteiger partial charge is 0.462 e. The fraction of sp³-hybridized carbons (Fsp3) is 0.625. The van der Waals surface area contributed by atoms with E-state index in [2.05, 4.69) is 15.5 Å². The summed E-state index contributed by atoms with van der Waals surface area (Å²) in [7, 11) is 1.78. The van der Waals surface area contributed by atoms with Crippen LogP contribution in [0.4, 0.5) is 5.13 Å². The molecule has 1 heterocycles. The lowest BCUT2D eigenvalue weighted by molar-refractivity contribution is -0.144. The molecule has 0 aliphatic heterocycles. The number of thioether (sulfide) groups is 1. The maximum atomic E-state index is 11.2. The normalized spacial score (nSPS) is 10.4. The maximum Gasteiger partial charge on any atom is 0.316 e. The summed E-state index contributed by atoms with van der Waals surface area (Å²) in [5, 5.41) is 11.4. The summed E-state index contributed by atoms with van der Waals surface area (Å²) in [5.41, 5.74) is 0. The number of esters is 1. The fourth-order valence-corrected chi connectivity index (χ4v) is 2.27. The van der Waals surface area contributed by atoms with Gasteiger partial charge in [0.15, 0.2) is 4.34 Å². The summed E-state index contributed by atoms with van der Waals surface area (Å²) < 4.78 is 5.75. The second-order valence-electron chi connectivity index (χ2n) is 2.95. The van der Waals surface area contributed by atoms with E-state index in [1.807, 2.05) is 13.8 Å². The quantitative estimate of drug-likeness (QED) is 0.630. The van der Waals surface area contributed by atoms with E-state index in [-0.39, 0.29) is 17.8 Å². The SMILES string of the molecule is CNc1nnc(SCC(=O)OC(C)C)s1. The summed E-state index contributed by atoms with van der Waals surface area (Å²) in [6.07, 6.45) is -0.0691. The molecular formula is C8H13N3O2S2. The minimum absolute atomic E-state index is 0.0691. The van der Waals surface area contributed by atoms with Gasteiger partial charge in [0.2, 0.25) is 5.13 Å². The first-order valence-electron chi connectivity index (χ1n) is 4.45. The zero-order valence-electron chi connectivity index (χ0n) is 8.81. The molecule has 0 spiro atoms. The number of rotatable bonds is 5. The Labute approximate surface area is 96.6 Å². The van der Waals surface area contributed by atoms with Gasteiger partial charge in [0.25, 0.3) is 0 Å². The summed E-state index contributed by atoms with van der Waals surface area (Å²) in [6, 6.07) is 0. The van der Waals surface area contributed by atoms with Crippen LogP contribution in [-0.2, 0) is 9.53 Å². The molecule has 0 aliphatic carbocycles. The van der Waals surface area contributed by atoms with Crippen LogP contribution >= 0.6 is 23.1 Å². The number of hydrogen-bond acceptors (Lipinski definition) is 7. The minimum Gasteiger partial charge on any atom is -0.462 e. The zero-order valence-corrected chi connectivity index (χ0v) is 10.4. The number of anilines is 1. The van der Waals surface area contributed by atoms with Gasteiger partial charge < -0.3 is 10.1 Å². The molecule has 1 aromatic rings. The molecular weight excluding hydrogens is 234 g/mol. The van der Waals surface area contributed by atoms with Crippen LogP contribution in [-0.4, -0.2) is 35.1 Å². The van der Waals surface area contributed by atoms with Gasteiger partial charge in [0.05, 0.1) is 11.9 Å². The Morgan fingerprint density at radius 1 is 1.60 bits per heavy atom. The summed E-state index contributed by atoms with van der Waals surface area (Å²) in [4.78, 5) is 11.2. The highest BCUT2D eigenvalue weighted by Gasteiger charge is 2.09. The van der Waals surface area contributed by atoms with Gasteiger partial charge in [-0.1, -0.05) is 23.1 Å². The Morgan fingerprint density at radius 3 is 2.87 bits per heavy atom. The lowest BCUT2D eigenvalue weighted by atomic mass is 10.5. The van der Waals surface area contributed by atoms with Crippen molar-refractivity contribution in [3.63, 3.8) is 0 Å². The first-order chi connectivity index (χ1) is 7.11. The van der Waals surface area contributed by atoms with Crippen LogP contribution in [0.1, 0.15) is 13.8 Å². The van der Waals surface area contributed by atoms with Crippen molar-refractivity contribution in [1.82, 2.24) is 10.2 Å². The molecule has 0 fully saturated rings. The lowest BCUT2D eigenvalue weighted by Gasteiger charge is -2.05. The van der Waals surface area contributed by atoms with Gasteiger partial charge >= 0.3 is 5.97 Å². The molecule has 1 rings (SSSR count). The average molecular weight is 247 g/mol. The van der Waals surface area contributed by atoms with E-state index in [9.17, 15) is 4.79 Å². The third-order valence-corrected chi connectivity index (χ3v) is 3.35. The number of nitrogens with zero attached hydrogens (tertiary/aromatic N) is 2. The van der Waals surface area contributed by atoms with Gasteiger partial charge in [-0.2, -0.15) is 0 Å². The number of nitrogens with one attached hydrogen (secondary N) is 1. The second-order valence-corrected chi connectivity index (χ2v) is 5.15. The van der Waals surface area contributed by atoms with E-state index in [0.717, 1.165) is 9.47 Å². The summed E-state index contributed by atoms with van der Waals surface area (Å²) in [5.74, 6) is 0.0486. The second kappa shape index (κ2) is 5.92. The molecule has 0 saturated heterocycles. The third kappa shape index (κ3) is 4.48. The Morgan fingerprint density at radius 2 is 2.33 bits per heavy atom. The van der Waals surface area contributed by atoms with Crippen LogP contribution in [0.3, 0.4) is 0 Å². The molecule has 0 saturated carbocycles. The maximum absolute atomic E-state index is 11.2. The Bertz CT molecular complexity index is 327.